The molecule has 0 saturated carbocycles. The van der Waals surface area contributed by atoms with Gasteiger partial charge in [-0.25, -0.2) is 4.39 Å². The van der Waals surface area contributed by atoms with E-state index in [-0.39, 0.29) is 11.5 Å². The fraction of sp³-hybridized carbons (Fsp3) is 0.333. The van der Waals surface area contributed by atoms with Crippen molar-refractivity contribution in [2.45, 2.75) is 6.04 Å². The summed E-state index contributed by atoms with van der Waals surface area (Å²) in [5, 5.41) is 9.47. The Hall–Kier alpha value is -0.810. The van der Waals surface area contributed by atoms with Crippen molar-refractivity contribution < 1.29 is 14.2 Å². The summed E-state index contributed by atoms with van der Waals surface area (Å²) in [6, 6.07) is 2.40. The van der Waals surface area contributed by atoms with Gasteiger partial charge in [0.25, 0.3) is 0 Å². The van der Waals surface area contributed by atoms with Crippen LogP contribution in [0.1, 0.15) is 11.6 Å². The van der Waals surface area contributed by atoms with Crippen LogP contribution in [0.3, 0.4) is 0 Å². The van der Waals surface area contributed by atoms with E-state index in [2.05, 4.69) is 15.9 Å². The van der Waals surface area contributed by atoms with E-state index >= 15 is 0 Å². The Balaban J connectivity index is 3.16. The standard InChI is InChI=1S/C9H11BrFNO2/c1-14-8-3-5(7(12)4-11)2-6(10)9(8)13/h2-3,7,13H,4,12H2,1H3/t7-/m0/s1. The van der Waals surface area contributed by atoms with Gasteiger partial charge in [0, 0.05) is 0 Å². The molecule has 1 aromatic carbocycles. The van der Waals surface area contributed by atoms with Crippen LogP contribution in [0.15, 0.2) is 16.6 Å². The molecule has 0 aliphatic heterocycles. The molecule has 0 aliphatic carbocycles. The summed E-state index contributed by atoms with van der Waals surface area (Å²) in [6.45, 7) is -0.652. The van der Waals surface area contributed by atoms with Crippen molar-refractivity contribution in [3.8, 4) is 11.5 Å². The molecule has 0 bridgehead atoms. The lowest BCUT2D eigenvalue weighted by Gasteiger charge is -2.11. The summed E-state index contributed by atoms with van der Waals surface area (Å²) in [5.41, 5.74) is 6.08. The van der Waals surface area contributed by atoms with Crippen molar-refractivity contribution in [3.63, 3.8) is 0 Å². The summed E-state index contributed by atoms with van der Waals surface area (Å²) in [6.07, 6.45) is 0. The number of hydrogen-bond acceptors (Lipinski definition) is 3. The fourth-order valence-corrected chi connectivity index (χ4v) is 1.51. The third-order valence-electron chi connectivity index (χ3n) is 1.87. The molecular weight excluding hydrogens is 253 g/mol. The minimum Gasteiger partial charge on any atom is -0.503 e. The maximum Gasteiger partial charge on any atom is 0.172 e. The number of phenolic OH excluding ortho intramolecular Hbond substituents is 1. The van der Waals surface area contributed by atoms with Crippen LogP contribution in [0.4, 0.5) is 4.39 Å². The molecule has 1 rings (SSSR count). The first-order valence-corrected chi connectivity index (χ1v) is 4.77. The van der Waals surface area contributed by atoms with Crippen molar-refractivity contribution in [1.29, 1.82) is 0 Å². The van der Waals surface area contributed by atoms with Gasteiger partial charge < -0.3 is 15.6 Å². The Kier molecular flexibility index (Phi) is 3.71. The second-order valence-electron chi connectivity index (χ2n) is 2.81. The van der Waals surface area contributed by atoms with Gasteiger partial charge in [0.1, 0.15) is 6.67 Å². The molecule has 0 aromatic heterocycles. The van der Waals surface area contributed by atoms with E-state index in [9.17, 15) is 9.50 Å². The highest BCUT2D eigenvalue weighted by Gasteiger charge is 2.12. The number of phenols is 1. The Morgan fingerprint density at radius 3 is 2.79 bits per heavy atom. The number of alkyl halides is 1. The third-order valence-corrected chi connectivity index (χ3v) is 2.47. The maximum atomic E-state index is 12.3. The lowest BCUT2D eigenvalue weighted by molar-refractivity contribution is 0.369. The van der Waals surface area contributed by atoms with Crippen molar-refractivity contribution in [2.75, 3.05) is 13.8 Å². The van der Waals surface area contributed by atoms with Crippen LogP contribution in [-0.2, 0) is 0 Å². The highest BCUT2D eigenvalue weighted by atomic mass is 79.9. The van der Waals surface area contributed by atoms with E-state index in [1.165, 1.54) is 13.2 Å². The van der Waals surface area contributed by atoms with Gasteiger partial charge in [0.05, 0.1) is 17.6 Å². The molecule has 0 spiro atoms. The second-order valence-corrected chi connectivity index (χ2v) is 3.67. The van der Waals surface area contributed by atoms with Crippen LogP contribution in [0.5, 0.6) is 11.5 Å². The molecule has 78 valence electrons. The molecule has 1 aromatic rings. The van der Waals surface area contributed by atoms with Gasteiger partial charge in [-0.15, -0.1) is 0 Å². The Morgan fingerprint density at radius 1 is 1.64 bits per heavy atom. The second kappa shape index (κ2) is 4.61. The van der Waals surface area contributed by atoms with Gasteiger partial charge in [-0.3, -0.25) is 0 Å². The molecule has 1 atom stereocenters. The number of ether oxygens (including phenoxy) is 1. The number of benzene rings is 1. The smallest absolute Gasteiger partial charge is 0.172 e. The van der Waals surface area contributed by atoms with Crippen molar-refractivity contribution in [2.24, 2.45) is 5.73 Å². The minimum absolute atomic E-state index is 0.0118. The molecule has 3 nitrogen and oxygen atoms in total. The molecule has 5 heteroatoms. The minimum atomic E-state index is -0.694. The zero-order valence-electron chi connectivity index (χ0n) is 7.63. The number of methoxy groups -OCH3 is 1. The van der Waals surface area contributed by atoms with Crippen LogP contribution >= 0.6 is 15.9 Å². The number of aromatic hydroxyl groups is 1. The van der Waals surface area contributed by atoms with Crippen LogP contribution in [0.2, 0.25) is 0 Å². The first kappa shape index (κ1) is 11.3. The predicted octanol–water partition coefficient (Wildman–Crippen LogP) is 2.13. The van der Waals surface area contributed by atoms with Crippen LogP contribution in [0.25, 0.3) is 0 Å². The van der Waals surface area contributed by atoms with Gasteiger partial charge in [0.15, 0.2) is 11.5 Å². The molecule has 0 unspecified atom stereocenters. The van der Waals surface area contributed by atoms with E-state index in [1.807, 2.05) is 0 Å². The van der Waals surface area contributed by atoms with E-state index < -0.39 is 12.7 Å². The van der Waals surface area contributed by atoms with Crippen molar-refractivity contribution >= 4 is 15.9 Å². The highest BCUT2D eigenvalue weighted by molar-refractivity contribution is 9.10. The van der Waals surface area contributed by atoms with Gasteiger partial charge in [-0.2, -0.15) is 0 Å². The van der Waals surface area contributed by atoms with Crippen molar-refractivity contribution in [1.82, 2.24) is 0 Å². The maximum absolute atomic E-state index is 12.3. The molecule has 0 saturated heterocycles. The number of hydrogen-bond donors (Lipinski definition) is 2. The Morgan fingerprint density at radius 2 is 2.29 bits per heavy atom. The largest absolute Gasteiger partial charge is 0.503 e. The summed E-state index contributed by atoms with van der Waals surface area (Å²) in [5.74, 6) is 0.264. The van der Waals surface area contributed by atoms with E-state index in [0.717, 1.165) is 0 Å². The third kappa shape index (κ3) is 2.16. The van der Waals surface area contributed by atoms with Gasteiger partial charge >= 0.3 is 0 Å². The first-order valence-electron chi connectivity index (χ1n) is 3.98. The zero-order valence-corrected chi connectivity index (χ0v) is 9.21. The number of rotatable bonds is 3. The Bertz CT molecular complexity index is 333. The van der Waals surface area contributed by atoms with Gasteiger partial charge in [-0.05, 0) is 33.6 Å². The lowest BCUT2D eigenvalue weighted by Crippen LogP contribution is -2.12. The number of nitrogens with two attached hydrogens (primary N) is 1. The van der Waals surface area contributed by atoms with Crippen LogP contribution < -0.4 is 10.5 Å². The van der Waals surface area contributed by atoms with Crippen molar-refractivity contribution in [3.05, 3.63) is 22.2 Å². The molecule has 14 heavy (non-hydrogen) atoms. The molecule has 0 heterocycles. The lowest BCUT2D eigenvalue weighted by atomic mass is 10.1. The summed E-state index contributed by atoms with van der Waals surface area (Å²) in [4.78, 5) is 0. The number of halogens is 2. The fourth-order valence-electron chi connectivity index (χ4n) is 1.05. The monoisotopic (exact) mass is 263 g/mol. The van der Waals surface area contributed by atoms with Gasteiger partial charge in [0.2, 0.25) is 0 Å². The molecule has 0 fully saturated rings. The van der Waals surface area contributed by atoms with Gasteiger partial charge in [-0.1, -0.05) is 0 Å². The Labute approximate surface area is 89.8 Å². The highest BCUT2D eigenvalue weighted by Crippen LogP contribution is 2.36. The van der Waals surface area contributed by atoms with Crippen LogP contribution in [-0.4, -0.2) is 18.9 Å². The summed E-state index contributed by atoms with van der Waals surface area (Å²) < 4.78 is 17.6. The van der Waals surface area contributed by atoms with E-state index in [4.69, 9.17) is 10.5 Å². The average Bonchev–Trinajstić information content (AvgIpc) is 2.20. The van der Waals surface area contributed by atoms with E-state index in [0.29, 0.717) is 10.0 Å². The normalized spacial score (nSPS) is 12.6. The zero-order chi connectivity index (χ0) is 10.7. The predicted molar refractivity (Wildman–Crippen MR) is 55.3 cm³/mol. The van der Waals surface area contributed by atoms with E-state index in [1.54, 1.807) is 6.07 Å². The van der Waals surface area contributed by atoms with Crippen LogP contribution in [0, 0.1) is 0 Å². The quantitative estimate of drug-likeness (QED) is 0.879. The average molecular weight is 264 g/mol. The molecule has 0 radical (unpaired) electrons. The summed E-state index contributed by atoms with van der Waals surface area (Å²) >= 11 is 3.13. The SMILES string of the molecule is COc1cc([C@@H](N)CF)cc(Br)c1O. The summed E-state index contributed by atoms with van der Waals surface area (Å²) in [7, 11) is 1.42. The molecular formula is C9H11BrFNO2. The molecule has 0 aliphatic rings. The first-order chi connectivity index (χ1) is 6.60. The molecule has 0 amide bonds. The topological polar surface area (TPSA) is 55.5 Å². The molecule has 3 N–H and O–H groups in total.